The van der Waals surface area contributed by atoms with E-state index < -0.39 is 0 Å². The Labute approximate surface area is 220 Å². The van der Waals surface area contributed by atoms with Gasteiger partial charge in [-0.3, -0.25) is 0 Å². The van der Waals surface area contributed by atoms with Crippen molar-refractivity contribution in [3.8, 4) is 27.9 Å². The molecule has 178 valence electrons. The van der Waals surface area contributed by atoms with Crippen molar-refractivity contribution < 1.29 is 4.42 Å². The van der Waals surface area contributed by atoms with Crippen molar-refractivity contribution in [3.05, 3.63) is 140 Å². The summed E-state index contributed by atoms with van der Waals surface area (Å²) < 4.78 is 8.48. The minimum Gasteiger partial charge on any atom is -0.456 e. The van der Waals surface area contributed by atoms with Gasteiger partial charge in [-0.25, -0.2) is 0 Å². The van der Waals surface area contributed by atoms with Crippen molar-refractivity contribution >= 4 is 43.7 Å². The second kappa shape index (κ2) is 8.22. The van der Waals surface area contributed by atoms with Crippen molar-refractivity contribution in [2.75, 3.05) is 0 Å². The van der Waals surface area contributed by atoms with E-state index in [0.717, 1.165) is 27.6 Å². The van der Waals surface area contributed by atoms with Crippen LogP contribution in [0.3, 0.4) is 0 Å². The van der Waals surface area contributed by atoms with Gasteiger partial charge in [-0.2, -0.15) is 0 Å². The van der Waals surface area contributed by atoms with E-state index in [-0.39, 0.29) is 0 Å². The Morgan fingerprint density at radius 3 is 1.95 bits per heavy atom. The number of nitrogens with zero attached hydrogens (tertiary/aromatic N) is 1. The molecule has 2 aromatic heterocycles. The lowest BCUT2D eigenvalue weighted by Crippen LogP contribution is -1.93. The van der Waals surface area contributed by atoms with E-state index in [0.29, 0.717) is 0 Å². The van der Waals surface area contributed by atoms with E-state index >= 15 is 0 Å². The van der Waals surface area contributed by atoms with Crippen molar-refractivity contribution in [3.63, 3.8) is 0 Å². The fourth-order valence-electron chi connectivity index (χ4n) is 5.87. The third-order valence-corrected chi connectivity index (χ3v) is 7.62. The average molecular weight is 486 g/mol. The Bertz CT molecular complexity index is 2110. The molecule has 8 rings (SSSR count). The van der Waals surface area contributed by atoms with Crippen LogP contribution in [-0.2, 0) is 0 Å². The first-order chi connectivity index (χ1) is 18.8. The lowest BCUT2D eigenvalue weighted by Gasteiger charge is -2.10. The number of para-hydroxylation sites is 2. The summed E-state index contributed by atoms with van der Waals surface area (Å²) in [6.45, 7) is 0. The Morgan fingerprint density at radius 2 is 1.08 bits per heavy atom. The first kappa shape index (κ1) is 21.0. The molecule has 2 nitrogen and oxygen atoms in total. The molecule has 0 unspecified atom stereocenters. The van der Waals surface area contributed by atoms with E-state index in [1.807, 2.05) is 12.1 Å². The molecule has 6 aromatic carbocycles. The maximum atomic E-state index is 6.10. The Hall–Kier alpha value is -5.08. The predicted octanol–water partition coefficient (Wildman–Crippen LogP) is 10.0. The molecule has 0 aliphatic rings. The normalized spacial score (nSPS) is 11.7. The molecule has 0 fully saturated rings. The first-order valence-electron chi connectivity index (χ1n) is 12.9. The molecule has 0 saturated heterocycles. The van der Waals surface area contributed by atoms with Gasteiger partial charge in [0.15, 0.2) is 0 Å². The highest BCUT2D eigenvalue weighted by atomic mass is 16.3. The number of hydrogen-bond acceptors (Lipinski definition) is 1. The molecule has 0 aliphatic heterocycles. The summed E-state index contributed by atoms with van der Waals surface area (Å²) in [6, 6.07) is 49.6. The molecule has 0 N–H and O–H groups in total. The molecule has 0 amide bonds. The van der Waals surface area contributed by atoms with Crippen LogP contribution in [0.5, 0.6) is 0 Å². The third kappa shape index (κ3) is 3.14. The quantitative estimate of drug-likeness (QED) is 0.243. The summed E-state index contributed by atoms with van der Waals surface area (Å²) in [7, 11) is 0. The maximum Gasteiger partial charge on any atom is 0.135 e. The van der Waals surface area contributed by atoms with Crippen molar-refractivity contribution in [1.82, 2.24) is 4.57 Å². The van der Waals surface area contributed by atoms with Crippen LogP contribution in [0.25, 0.3) is 71.7 Å². The van der Waals surface area contributed by atoms with Gasteiger partial charge in [0.1, 0.15) is 11.2 Å². The Kier molecular flexibility index (Phi) is 4.55. The Balaban J connectivity index is 1.36. The first-order valence-corrected chi connectivity index (χ1v) is 12.9. The smallest absolute Gasteiger partial charge is 0.135 e. The van der Waals surface area contributed by atoms with E-state index in [9.17, 15) is 0 Å². The van der Waals surface area contributed by atoms with Gasteiger partial charge in [0.05, 0.1) is 11.0 Å². The minimum atomic E-state index is 0.919. The zero-order chi connectivity index (χ0) is 25.1. The molecule has 2 heterocycles. The predicted molar refractivity (Wildman–Crippen MR) is 159 cm³/mol. The minimum absolute atomic E-state index is 0.919. The largest absolute Gasteiger partial charge is 0.456 e. The number of furan rings is 1. The molecule has 2 heteroatoms. The van der Waals surface area contributed by atoms with Crippen molar-refractivity contribution in [2.45, 2.75) is 0 Å². The van der Waals surface area contributed by atoms with E-state index in [4.69, 9.17) is 4.42 Å². The molecule has 0 atom stereocenters. The van der Waals surface area contributed by atoms with Gasteiger partial charge >= 0.3 is 0 Å². The van der Waals surface area contributed by atoms with Crippen LogP contribution in [0.4, 0.5) is 0 Å². The monoisotopic (exact) mass is 485 g/mol. The van der Waals surface area contributed by atoms with Crippen LogP contribution in [0.2, 0.25) is 0 Å². The van der Waals surface area contributed by atoms with Gasteiger partial charge in [-0.15, -0.1) is 0 Å². The van der Waals surface area contributed by atoms with Crippen LogP contribution in [0.1, 0.15) is 0 Å². The van der Waals surface area contributed by atoms with Gasteiger partial charge in [-0.05, 0) is 64.7 Å². The van der Waals surface area contributed by atoms with Crippen LogP contribution in [-0.4, -0.2) is 4.57 Å². The second-order valence-corrected chi connectivity index (χ2v) is 9.77. The highest BCUT2D eigenvalue weighted by Crippen LogP contribution is 2.40. The summed E-state index contributed by atoms with van der Waals surface area (Å²) in [6.07, 6.45) is 0. The summed E-state index contributed by atoms with van der Waals surface area (Å²) in [5.41, 5.74) is 10.3. The fraction of sp³-hybridized carbons (Fsp3) is 0. The summed E-state index contributed by atoms with van der Waals surface area (Å²) in [5.74, 6) is 0. The van der Waals surface area contributed by atoms with Crippen molar-refractivity contribution in [1.29, 1.82) is 0 Å². The molecule has 0 aliphatic carbocycles. The molecular formula is C36H23NO. The number of fused-ring (bicyclic) bond motifs is 6. The third-order valence-electron chi connectivity index (χ3n) is 7.62. The number of aromatic nitrogens is 1. The molecule has 38 heavy (non-hydrogen) atoms. The summed E-state index contributed by atoms with van der Waals surface area (Å²) in [5, 5.41) is 4.82. The highest BCUT2D eigenvalue weighted by Gasteiger charge is 2.17. The van der Waals surface area contributed by atoms with Gasteiger partial charge < -0.3 is 8.98 Å². The lowest BCUT2D eigenvalue weighted by molar-refractivity contribution is 0.669. The molecule has 0 bridgehead atoms. The van der Waals surface area contributed by atoms with E-state index in [1.165, 1.54) is 44.1 Å². The van der Waals surface area contributed by atoms with E-state index in [1.54, 1.807) is 0 Å². The topological polar surface area (TPSA) is 18.1 Å². The SMILES string of the molecule is c1ccc(-c2ccc(-n3c4ccccc4c4c(-c5ccc6oc7ccccc7c6c5)cccc43)cc2)cc1. The van der Waals surface area contributed by atoms with Crippen LogP contribution in [0.15, 0.2) is 144 Å². The summed E-state index contributed by atoms with van der Waals surface area (Å²) >= 11 is 0. The average Bonchev–Trinajstić information content (AvgIpc) is 3.53. The zero-order valence-corrected chi connectivity index (χ0v) is 20.6. The second-order valence-electron chi connectivity index (χ2n) is 9.77. The van der Waals surface area contributed by atoms with Crippen LogP contribution < -0.4 is 0 Å². The number of rotatable bonds is 3. The van der Waals surface area contributed by atoms with Crippen LogP contribution in [0, 0.1) is 0 Å². The van der Waals surface area contributed by atoms with E-state index in [2.05, 4.69) is 132 Å². The van der Waals surface area contributed by atoms with Gasteiger partial charge in [0.25, 0.3) is 0 Å². The standard InChI is InChI=1S/C36H23NO/c1-2-9-24(10-3-1)25-17-20-27(21-18-25)37-32-14-6-4-12-30(32)36-28(13-8-15-33(36)37)26-19-22-35-31(23-26)29-11-5-7-16-34(29)38-35/h1-23H. The zero-order valence-electron chi connectivity index (χ0n) is 20.6. The fourth-order valence-corrected chi connectivity index (χ4v) is 5.87. The molecular weight excluding hydrogens is 462 g/mol. The molecule has 0 radical (unpaired) electrons. The highest BCUT2D eigenvalue weighted by molar-refractivity contribution is 6.16. The van der Waals surface area contributed by atoms with Crippen LogP contribution >= 0.6 is 0 Å². The summed E-state index contributed by atoms with van der Waals surface area (Å²) in [4.78, 5) is 0. The lowest BCUT2D eigenvalue weighted by atomic mass is 9.98. The van der Waals surface area contributed by atoms with Gasteiger partial charge in [-0.1, -0.05) is 97.1 Å². The molecule has 0 spiro atoms. The number of hydrogen-bond donors (Lipinski definition) is 0. The molecule has 0 saturated carbocycles. The Morgan fingerprint density at radius 1 is 0.421 bits per heavy atom. The number of benzene rings is 6. The maximum absolute atomic E-state index is 6.10. The van der Waals surface area contributed by atoms with Gasteiger partial charge in [0, 0.05) is 27.2 Å². The van der Waals surface area contributed by atoms with Gasteiger partial charge in [0.2, 0.25) is 0 Å². The van der Waals surface area contributed by atoms with Crippen molar-refractivity contribution in [2.24, 2.45) is 0 Å². The molecule has 8 aromatic rings.